The zero-order valence-corrected chi connectivity index (χ0v) is 24.0. The van der Waals surface area contributed by atoms with Crippen molar-refractivity contribution in [3.05, 3.63) is 82.5 Å². The van der Waals surface area contributed by atoms with Crippen LogP contribution in [0.2, 0.25) is 0 Å². The molecular weight excluding hydrogens is 608 g/mol. The number of benzene rings is 3. The van der Waals surface area contributed by atoms with Gasteiger partial charge in [-0.15, -0.1) is 0 Å². The summed E-state index contributed by atoms with van der Waals surface area (Å²) in [6, 6.07) is 13.3. The Bertz CT molecular complexity index is 1830. The summed E-state index contributed by atoms with van der Waals surface area (Å²) < 4.78 is 27.8. The molecule has 0 amide bonds. The molecule has 1 aliphatic rings. The van der Waals surface area contributed by atoms with Crippen LogP contribution >= 0.6 is 0 Å². The summed E-state index contributed by atoms with van der Waals surface area (Å²) in [4.78, 5) is 37.9. The number of hydrogen-bond acceptors (Lipinski definition) is 14. The third kappa shape index (κ3) is 6.89. The molecule has 6 N–H and O–H groups in total. The van der Waals surface area contributed by atoms with Gasteiger partial charge in [-0.25, -0.2) is 4.79 Å². The van der Waals surface area contributed by atoms with Crippen molar-refractivity contribution < 1.29 is 63.6 Å². The lowest BCUT2D eigenvalue weighted by molar-refractivity contribution is -0.282. The number of phenolic OH excluding ortho intramolecular Hbond substituents is 4. The van der Waals surface area contributed by atoms with E-state index in [1.54, 1.807) is 12.1 Å². The summed E-state index contributed by atoms with van der Waals surface area (Å²) >= 11 is 0. The monoisotopic (exact) mass is 636 g/mol. The smallest absolute Gasteiger partial charge is 0.330 e. The molecule has 1 aromatic heterocycles. The minimum atomic E-state index is -1.93. The van der Waals surface area contributed by atoms with Crippen LogP contribution in [-0.4, -0.2) is 79.9 Å². The van der Waals surface area contributed by atoms with E-state index < -0.39 is 71.9 Å². The van der Waals surface area contributed by atoms with Gasteiger partial charge in [0.1, 0.15) is 58.9 Å². The van der Waals surface area contributed by atoms with Crippen molar-refractivity contribution in [1.29, 1.82) is 0 Å². The van der Waals surface area contributed by atoms with Gasteiger partial charge in [-0.3, -0.25) is 9.59 Å². The number of esters is 2. The maximum absolute atomic E-state index is 13.7. The number of aromatic hydroxyl groups is 4. The van der Waals surface area contributed by atoms with Crippen molar-refractivity contribution in [2.24, 2.45) is 0 Å². The number of carbonyl (C=O) groups excluding carboxylic acids is 2. The van der Waals surface area contributed by atoms with Crippen molar-refractivity contribution in [2.75, 3.05) is 6.61 Å². The Balaban J connectivity index is 1.46. The van der Waals surface area contributed by atoms with E-state index >= 15 is 0 Å². The normalized spacial score (nSPS) is 21.2. The molecule has 0 spiro atoms. The summed E-state index contributed by atoms with van der Waals surface area (Å²) in [6.07, 6.45) is -6.06. The quantitative estimate of drug-likeness (QED) is 0.121. The molecule has 0 bridgehead atoms. The molecule has 3 aromatic carbocycles. The molecule has 240 valence electrons. The minimum absolute atomic E-state index is 0.0379. The summed E-state index contributed by atoms with van der Waals surface area (Å²) in [6.45, 7) is 0.456. The number of fused-ring (bicyclic) bond motifs is 1. The lowest BCUT2D eigenvalue weighted by atomic mass is 9.99. The van der Waals surface area contributed by atoms with E-state index in [1.807, 2.05) is 0 Å². The van der Waals surface area contributed by atoms with Crippen molar-refractivity contribution in [2.45, 2.75) is 37.6 Å². The van der Waals surface area contributed by atoms with Gasteiger partial charge < -0.3 is 54.0 Å². The van der Waals surface area contributed by atoms with Crippen LogP contribution in [0.25, 0.3) is 28.4 Å². The molecule has 5 atom stereocenters. The van der Waals surface area contributed by atoms with Gasteiger partial charge in [0.15, 0.2) is 11.9 Å². The van der Waals surface area contributed by atoms with E-state index in [-0.39, 0.29) is 33.8 Å². The number of hydrogen-bond donors (Lipinski definition) is 6. The zero-order valence-electron chi connectivity index (χ0n) is 24.0. The average Bonchev–Trinajstić information content (AvgIpc) is 3.00. The van der Waals surface area contributed by atoms with Crippen LogP contribution in [-0.2, 0) is 23.8 Å². The number of ether oxygens (including phenoxy) is 4. The van der Waals surface area contributed by atoms with E-state index in [4.69, 9.17) is 23.4 Å². The first-order valence-corrected chi connectivity index (χ1v) is 13.7. The molecule has 1 saturated heterocycles. The number of carbonyl (C=O) groups is 2. The zero-order chi connectivity index (χ0) is 33.1. The van der Waals surface area contributed by atoms with E-state index in [9.17, 15) is 45.0 Å². The molecule has 0 radical (unpaired) electrons. The highest BCUT2D eigenvalue weighted by Gasteiger charge is 2.48. The fourth-order valence-corrected chi connectivity index (χ4v) is 4.73. The van der Waals surface area contributed by atoms with Crippen LogP contribution in [0.4, 0.5) is 0 Å². The van der Waals surface area contributed by atoms with Gasteiger partial charge in [0.05, 0.1) is 0 Å². The van der Waals surface area contributed by atoms with Crippen LogP contribution < -0.4 is 10.2 Å². The molecule has 0 unspecified atom stereocenters. The minimum Gasteiger partial charge on any atom is -0.508 e. The molecule has 0 aliphatic carbocycles. The predicted octanol–water partition coefficient (Wildman–Crippen LogP) is 2.30. The van der Waals surface area contributed by atoms with Crippen LogP contribution in [0.5, 0.6) is 28.7 Å². The first kappa shape index (κ1) is 31.8. The molecule has 0 saturated carbocycles. The second-order valence-corrected chi connectivity index (χ2v) is 10.2. The summed E-state index contributed by atoms with van der Waals surface area (Å²) in [5.74, 6) is -3.64. The van der Waals surface area contributed by atoms with Crippen molar-refractivity contribution >= 4 is 29.0 Å². The van der Waals surface area contributed by atoms with Crippen LogP contribution in [0.1, 0.15) is 12.5 Å². The second-order valence-electron chi connectivity index (χ2n) is 10.2. The molecule has 4 aromatic rings. The van der Waals surface area contributed by atoms with Gasteiger partial charge in [-0.2, -0.15) is 0 Å². The lowest BCUT2D eigenvalue weighted by Crippen LogP contribution is -2.61. The van der Waals surface area contributed by atoms with Gasteiger partial charge in [-0.1, -0.05) is 12.1 Å². The summed E-state index contributed by atoms with van der Waals surface area (Å²) in [7, 11) is 0. The Morgan fingerprint density at radius 2 is 1.54 bits per heavy atom. The maximum Gasteiger partial charge on any atom is 0.330 e. The SMILES string of the molecule is CC(=O)O[C@H]1[C@H](O)[C@@H](O)[C@H](Oc2c(-c3ccc(O)cc3)oc3cc(O)cc(O)c3c2=O)O[C@@H]1COC(=O)/C=C/c1ccc(O)cc1. The molecule has 1 fully saturated rings. The van der Waals surface area contributed by atoms with Crippen molar-refractivity contribution in [3.63, 3.8) is 0 Å². The van der Waals surface area contributed by atoms with E-state index in [0.717, 1.165) is 25.1 Å². The Kier molecular flexibility index (Phi) is 9.13. The Morgan fingerprint density at radius 1 is 0.891 bits per heavy atom. The van der Waals surface area contributed by atoms with Gasteiger partial charge in [-0.05, 0) is 48.0 Å². The topological polar surface area (TPSA) is 223 Å². The maximum atomic E-state index is 13.7. The Hall–Kier alpha value is -5.57. The summed E-state index contributed by atoms with van der Waals surface area (Å²) in [5.41, 5.74) is -0.391. The first-order valence-electron chi connectivity index (χ1n) is 13.7. The van der Waals surface area contributed by atoms with Crippen molar-refractivity contribution in [1.82, 2.24) is 0 Å². The fraction of sp³-hybridized carbons (Fsp3) is 0.219. The summed E-state index contributed by atoms with van der Waals surface area (Å²) in [5, 5.41) is 61.0. The van der Waals surface area contributed by atoms with Crippen molar-refractivity contribution in [3.8, 4) is 40.1 Å². The van der Waals surface area contributed by atoms with Gasteiger partial charge in [0.2, 0.25) is 17.5 Å². The highest BCUT2D eigenvalue weighted by atomic mass is 16.7. The second kappa shape index (κ2) is 13.2. The highest BCUT2D eigenvalue weighted by Crippen LogP contribution is 2.37. The number of phenols is 4. The van der Waals surface area contributed by atoms with Gasteiger partial charge in [0.25, 0.3) is 0 Å². The Labute approximate surface area is 259 Å². The molecule has 14 nitrogen and oxygen atoms in total. The molecule has 14 heteroatoms. The molecule has 5 rings (SSSR count). The third-order valence-corrected chi connectivity index (χ3v) is 6.92. The Morgan fingerprint density at radius 3 is 2.20 bits per heavy atom. The molecule has 2 heterocycles. The molecule has 1 aliphatic heterocycles. The first-order chi connectivity index (χ1) is 21.9. The van der Waals surface area contributed by atoms with E-state index in [2.05, 4.69) is 0 Å². The van der Waals surface area contributed by atoms with E-state index in [0.29, 0.717) is 5.56 Å². The lowest BCUT2D eigenvalue weighted by Gasteiger charge is -2.41. The number of aliphatic hydroxyl groups is 2. The highest BCUT2D eigenvalue weighted by molar-refractivity contribution is 5.88. The largest absolute Gasteiger partial charge is 0.508 e. The number of aliphatic hydroxyl groups excluding tert-OH is 2. The standard InChI is InChI=1S/C32H28O14/c1-15(33)43-30-23(14-42-24(38)11-4-16-2-7-18(34)8-3-16)45-32(28(41)27(30)40)46-31-26(39)25-21(37)12-20(36)13-22(25)44-29(31)17-5-9-19(35)10-6-17/h2-13,23,27-28,30,32,34-37,40-41H,14H2,1H3/b11-4+/t23-,27-,28-,30-,32+/m1/s1. The molecule has 46 heavy (non-hydrogen) atoms. The van der Waals surface area contributed by atoms with E-state index in [1.165, 1.54) is 42.5 Å². The van der Waals surface area contributed by atoms with Gasteiger partial charge >= 0.3 is 11.9 Å². The third-order valence-electron chi connectivity index (χ3n) is 6.92. The van der Waals surface area contributed by atoms with Crippen LogP contribution in [0.3, 0.4) is 0 Å². The number of rotatable bonds is 8. The van der Waals surface area contributed by atoms with Crippen LogP contribution in [0, 0.1) is 0 Å². The average molecular weight is 637 g/mol. The molecular formula is C32H28O14. The van der Waals surface area contributed by atoms with Crippen LogP contribution in [0.15, 0.2) is 76.0 Å². The fourth-order valence-electron chi connectivity index (χ4n) is 4.73. The predicted molar refractivity (Wildman–Crippen MR) is 158 cm³/mol. The van der Waals surface area contributed by atoms with Gasteiger partial charge in [0, 0.05) is 30.7 Å².